The molecule has 0 aliphatic carbocycles. The van der Waals surface area contributed by atoms with Gasteiger partial charge in [-0.25, -0.2) is 0 Å². The highest BCUT2D eigenvalue weighted by molar-refractivity contribution is 7.26. The lowest BCUT2D eigenvalue weighted by Crippen LogP contribution is -2.10. The fraction of sp³-hybridized carbons (Fsp3) is 0. The van der Waals surface area contributed by atoms with Gasteiger partial charge in [0, 0.05) is 31.5 Å². The maximum absolute atomic E-state index is 2.43. The average molecular weight is 604 g/mol. The summed E-state index contributed by atoms with van der Waals surface area (Å²) in [7, 11) is 0. The van der Waals surface area contributed by atoms with Crippen LogP contribution in [0.1, 0.15) is 0 Å². The topological polar surface area (TPSA) is 3.24 Å². The molecule has 0 saturated carbocycles. The fourth-order valence-corrected chi connectivity index (χ4v) is 8.03. The van der Waals surface area contributed by atoms with Crippen LogP contribution in [0.25, 0.3) is 64.0 Å². The van der Waals surface area contributed by atoms with Gasteiger partial charge in [-0.1, -0.05) is 127 Å². The molecule has 0 fully saturated rings. The van der Waals surface area contributed by atoms with Gasteiger partial charge in [0.05, 0.1) is 5.69 Å². The van der Waals surface area contributed by atoms with Crippen LogP contribution in [0.5, 0.6) is 0 Å². The third-order valence-corrected chi connectivity index (χ3v) is 10.2. The number of benzene rings is 8. The van der Waals surface area contributed by atoms with Crippen LogP contribution >= 0.6 is 11.3 Å². The lowest BCUT2D eigenvalue weighted by molar-refractivity contribution is 1.30. The molecule has 0 radical (unpaired) electrons. The first-order chi connectivity index (χ1) is 22.8. The van der Waals surface area contributed by atoms with Crippen molar-refractivity contribution >= 4 is 70.1 Å². The Hall–Kier alpha value is -5.70. The van der Waals surface area contributed by atoms with Gasteiger partial charge in [0.1, 0.15) is 0 Å². The molecule has 1 nitrogen and oxygen atoms in total. The summed E-state index contributed by atoms with van der Waals surface area (Å²) in [4.78, 5) is 2.43. The van der Waals surface area contributed by atoms with E-state index < -0.39 is 0 Å². The van der Waals surface area contributed by atoms with E-state index in [1.54, 1.807) is 0 Å². The lowest BCUT2D eigenvalue weighted by Gasteiger charge is -2.27. The minimum absolute atomic E-state index is 1.13. The van der Waals surface area contributed by atoms with E-state index in [0.717, 1.165) is 11.4 Å². The monoisotopic (exact) mass is 603 g/mol. The summed E-state index contributed by atoms with van der Waals surface area (Å²) in [6.45, 7) is 0. The highest BCUT2D eigenvalue weighted by atomic mass is 32.1. The van der Waals surface area contributed by atoms with E-state index in [2.05, 4.69) is 181 Å². The van der Waals surface area contributed by atoms with Crippen LogP contribution in [0.4, 0.5) is 17.1 Å². The average Bonchev–Trinajstić information content (AvgIpc) is 3.52. The van der Waals surface area contributed by atoms with E-state index in [1.807, 2.05) is 11.3 Å². The summed E-state index contributed by atoms with van der Waals surface area (Å²) in [5.41, 5.74) is 8.32. The van der Waals surface area contributed by atoms with E-state index >= 15 is 0 Å². The molecule has 1 aromatic heterocycles. The summed E-state index contributed by atoms with van der Waals surface area (Å²) >= 11 is 1.86. The minimum atomic E-state index is 1.13. The Balaban J connectivity index is 1.24. The van der Waals surface area contributed by atoms with Gasteiger partial charge in [-0.05, 0) is 92.3 Å². The van der Waals surface area contributed by atoms with Gasteiger partial charge in [0.25, 0.3) is 0 Å². The molecule has 0 saturated heterocycles. The summed E-state index contributed by atoms with van der Waals surface area (Å²) < 4.78 is 2.60. The zero-order valence-electron chi connectivity index (χ0n) is 25.1. The van der Waals surface area contributed by atoms with Crippen LogP contribution in [0.15, 0.2) is 176 Å². The third-order valence-electron chi connectivity index (χ3n) is 9.04. The Morgan fingerprint density at radius 2 is 1.02 bits per heavy atom. The molecule has 0 bridgehead atoms. The van der Waals surface area contributed by atoms with Crippen molar-refractivity contribution < 1.29 is 0 Å². The molecule has 9 rings (SSSR count). The number of hydrogen-bond donors (Lipinski definition) is 0. The Bertz CT molecular complexity index is 2530. The number of thiophene rings is 1. The summed E-state index contributed by atoms with van der Waals surface area (Å²) in [5, 5.41) is 7.69. The van der Waals surface area contributed by atoms with E-state index in [4.69, 9.17) is 0 Å². The Morgan fingerprint density at radius 1 is 0.370 bits per heavy atom. The molecule has 0 N–H and O–H groups in total. The van der Waals surface area contributed by atoms with E-state index in [0.29, 0.717) is 0 Å². The molecular weight excluding hydrogens is 575 g/mol. The number of anilines is 3. The van der Waals surface area contributed by atoms with Crippen molar-refractivity contribution in [1.82, 2.24) is 0 Å². The van der Waals surface area contributed by atoms with Crippen LogP contribution in [-0.2, 0) is 0 Å². The van der Waals surface area contributed by atoms with Crippen molar-refractivity contribution in [2.45, 2.75) is 0 Å². The Labute approximate surface area is 272 Å². The minimum Gasteiger partial charge on any atom is -0.310 e. The zero-order chi connectivity index (χ0) is 30.5. The molecule has 0 atom stereocenters. The molecule has 0 spiro atoms. The molecule has 0 aliphatic rings. The quantitative estimate of drug-likeness (QED) is 0.177. The first kappa shape index (κ1) is 26.7. The van der Waals surface area contributed by atoms with Crippen molar-refractivity contribution in [3.8, 4) is 22.3 Å². The van der Waals surface area contributed by atoms with Crippen molar-refractivity contribution in [3.05, 3.63) is 176 Å². The van der Waals surface area contributed by atoms with Gasteiger partial charge in [-0.2, -0.15) is 0 Å². The summed E-state index contributed by atoms with van der Waals surface area (Å²) in [6.07, 6.45) is 0. The second-order valence-corrected chi connectivity index (χ2v) is 12.8. The molecule has 46 heavy (non-hydrogen) atoms. The maximum atomic E-state index is 2.43. The molecular formula is C44H29NS. The molecule has 1 heterocycles. The second-order valence-electron chi connectivity index (χ2n) is 11.7. The van der Waals surface area contributed by atoms with Crippen LogP contribution in [0.2, 0.25) is 0 Å². The Kier molecular flexibility index (Phi) is 6.40. The van der Waals surface area contributed by atoms with Crippen molar-refractivity contribution in [1.29, 1.82) is 0 Å². The van der Waals surface area contributed by atoms with E-state index in [9.17, 15) is 0 Å². The van der Waals surface area contributed by atoms with Gasteiger partial charge in [0.15, 0.2) is 0 Å². The molecule has 0 unspecified atom stereocenters. The lowest BCUT2D eigenvalue weighted by atomic mass is 9.93. The highest BCUT2D eigenvalue weighted by Gasteiger charge is 2.19. The second kappa shape index (κ2) is 11.0. The SMILES string of the molecule is c1ccc(-c2cccc(N(c3ccc(-c4cc5ccccc5c5ccccc45)cc3)c3cccc4sc5ccccc5c34)c2)cc1. The summed E-state index contributed by atoms with van der Waals surface area (Å²) in [6, 6.07) is 63.9. The predicted molar refractivity (Wildman–Crippen MR) is 200 cm³/mol. The molecule has 0 amide bonds. The summed E-state index contributed by atoms with van der Waals surface area (Å²) in [5.74, 6) is 0. The number of hydrogen-bond acceptors (Lipinski definition) is 2. The molecule has 216 valence electrons. The highest BCUT2D eigenvalue weighted by Crippen LogP contribution is 2.46. The van der Waals surface area contributed by atoms with Gasteiger partial charge in [0.2, 0.25) is 0 Å². The normalized spacial score (nSPS) is 11.5. The van der Waals surface area contributed by atoms with E-state index in [-0.39, 0.29) is 0 Å². The van der Waals surface area contributed by atoms with Gasteiger partial charge < -0.3 is 4.90 Å². The fourth-order valence-electron chi connectivity index (χ4n) is 6.91. The zero-order valence-corrected chi connectivity index (χ0v) is 25.9. The molecule has 9 aromatic rings. The predicted octanol–water partition coefficient (Wildman–Crippen LogP) is 13.2. The van der Waals surface area contributed by atoms with Crippen LogP contribution in [-0.4, -0.2) is 0 Å². The largest absolute Gasteiger partial charge is 0.310 e. The molecule has 2 heteroatoms. The number of fused-ring (bicyclic) bond motifs is 6. The van der Waals surface area contributed by atoms with Crippen molar-refractivity contribution in [2.75, 3.05) is 4.90 Å². The Morgan fingerprint density at radius 3 is 1.87 bits per heavy atom. The van der Waals surface area contributed by atoms with Gasteiger partial charge >= 0.3 is 0 Å². The smallest absolute Gasteiger partial charge is 0.0554 e. The van der Waals surface area contributed by atoms with Crippen LogP contribution < -0.4 is 4.90 Å². The standard InChI is InChI=1S/C44H29NS/c1-2-12-30(13-3-1)32-15-10-16-35(28-32)45(41-21-11-23-43-44(41)39-20-8-9-22-42(39)46-43)34-26-24-31(25-27-34)40-29-33-14-4-5-17-36(33)37-18-6-7-19-38(37)40/h1-29H. The molecule has 8 aromatic carbocycles. The maximum Gasteiger partial charge on any atom is 0.0554 e. The third kappa shape index (κ3) is 4.46. The van der Waals surface area contributed by atoms with Crippen LogP contribution in [0, 0.1) is 0 Å². The number of rotatable bonds is 5. The molecule has 0 aliphatic heterocycles. The van der Waals surface area contributed by atoms with E-state index in [1.165, 1.54) is 69.7 Å². The van der Waals surface area contributed by atoms with Crippen LogP contribution in [0.3, 0.4) is 0 Å². The first-order valence-electron chi connectivity index (χ1n) is 15.7. The number of nitrogens with zero attached hydrogens (tertiary/aromatic N) is 1. The van der Waals surface area contributed by atoms with Gasteiger partial charge in [-0.3, -0.25) is 0 Å². The van der Waals surface area contributed by atoms with Crippen molar-refractivity contribution in [2.24, 2.45) is 0 Å². The van der Waals surface area contributed by atoms with Gasteiger partial charge in [-0.15, -0.1) is 11.3 Å². The van der Waals surface area contributed by atoms with Crippen molar-refractivity contribution in [3.63, 3.8) is 0 Å². The first-order valence-corrected chi connectivity index (χ1v) is 16.5.